The number of amides is 1. The molecule has 5 atom stereocenters. The summed E-state index contributed by atoms with van der Waals surface area (Å²) in [6, 6.07) is 38.2. The van der Waals surface area contributed by atoms with E-state index in [9.17, 15) is 15.0 Å². The van der Waals surface area contributed by atoms with Crippen LogP contribution < -0.4 is 5.32 Å². The molecule has 0 unspecified atom stereocenters. The van der Waals surface area contributed by atoms with Gasteiger partial charge in [-0.05, 0) is 22.3 Å². The van der Waals surface area contributed by atoms with Crippen molar-refractivity contribution in [3.63, 3.8) is 0 Å². The lowest BCUT2D eigenvalue weighted by Gasteiger charge is -2.46. The van der Waals surface area contributed by atoms with Crippen LogP contribution in [0.5, 0.6) is 0 Å². The molecule has 1 amide bonds. The van der Waals surface area contributed by atoms with Crippen LogP contribution in [-0.2, 0) is 17.9 Å². The molecule has 0 heterocycles. The van der Waals surface area contributed by atoms with Gasteiger partial charge in [0.25, 0.3) is 0 Å². The molecule has 4 aromatic rings. The van der Waals surface area contributed by atoms with Crippen LogP contribution in [0.2, 0.25) is 0 Å². The Balaban J connectivity index is 1.57. The summed E-state index contributed by atoms with van der Waals surface area (Å²) in [7, 11) is 0. The Morgan fingerprint density at radius 3 is 1.90 bits per heavy atom. The van der Waals surface area contributed by atoms with Crippen molar-refractivity contribution in [3.8, 4) is 0 Å². The van der Waals surface area contributed by atoms with E-state index >= 15 is 0 Å². The molecule has 0 aromatic heterocycles. The highest BCUT2D eigenvalue weighted by atomic mass is 16.3. The number of hydrogen-bond donors (Lipinski definition) is 3. The maximum atomic E-state index is 14.1. The van der Waals surface area contributed by atoms with Gasteiger partial charge in [-0.3, -0.25) is 9.69 Å². The van der Waals surface area contributed by atoms with Gasteiger partial charge in [0.1, 0.15) is 6.04 Å². The van der Waals surface area contributed by atoms with Gasteiger partial charge < -0.3 is 15.5 Å². The zero-order chi connectivity index (χ0) is 27.7. The number of aliphatic hydroxyl groups excluding tert-OH is 2. The Hall–Kier alpha value is -4.03. The lowest BCUT2D eigenvalue weighted by Crippen LogP contribution is -2.55. The van der Waals surface area contributed by atoms with E-state index < -0.39 is 18.2 Å². The first-order chi connectivity index (χ1) is 19.7. The maximum Gasteiger partial charge on any atom is 0.242 e. The lowest BCUT2D eigenvalue weighted by molar-refractivity contribution is -0.131. The Kier molecular flexibility index (Phi) is 9.19. The fourth-order valence-corrected chi connectivity index (χ4v) is 5.72. The van der Waals surface area contributed by atoms with E-state index in [0.29, 0.717) is 13.1 Å². The molecule has 1 aliphatic rings. The average molecular weight is 533 g/mol. The highest BCUT2D eigenvalue weighted by Crippen LogP contribution is 2.38. The second-order valence-electron chi connectivity index (χ2n) is 10.3. The van der Waals surface area contributed by atoms with Crippen LogP contribution in [0.1, 0.15) is 34.2 Å². The van der Waals surface area contributed by atoms with Crippen LogP contribution in [0.25, 0.3) is 0 Å². The van der Waals surface area contributed by atoms with Gasteiger partial charge in [0.2, 0.25) is 5.91 Å². The van der Waals surface area contributed by atoms with E-state index in [0.717, 1.165) is 22.3 Å². The smallest absolute Gasteiger partial charge is 0.242 e. The van der Waals surface area contributed by atoms with Crippen LogP contribution in [0.15, 0.2) is 133 Å². The van der Waals surface area contributed by atoms with Crippen LogP contribution in [0.4, 0.5) is 0 Å². The fraction of sp³-hybridized carbons (Fsp3) is 0.229. The van der Waals surface area contributed by atoms with E-state index in [1.807, 2.05) is 133 Å². The van der Waals surface area contributed by atoms with Crippen LogP contribution in [0.3, 0.4) is 0 Å². The van der Waals surface area contributed by atoms with E-state index in [1.54, 1.807) is 0 Å². The van der Waals surface area contributed by atoms with Gasteiger partial charge >= 0.3 is 0 Å². The van der Waals surface area contributed by atoms with Crippen molar-refractivity contribution >= 4 is 5.91 Å². The molecule has 40 heavy (non-hydrogen) atoms. The Labute approximate surface area is 236 Å². The number of carbonyl (C=O) groups excluding carboxylic acids is 1. The molecule has 0 radical (unpaired) electrons. The van der Waals surface area contributed by atoms with Crippen LogP contribution in [-0.4, -0.2) is 39.8 Å². The fourth-order valence-electron chi connectivity index (χ4n) is 5.72. The zero-order valence-corrected chi connectivity index (χ0v) is 22.5. The summed E-state index contributed by atoms with van der Waals surface area (Å²) in [6.07, 6.45) is 3.14. The molecule has 0 bridgehead atoms. The zero-order valence-electron chi connectivity index (χ0n) is 22.5. The minimum Gasteiger partial charge on any atom is -0.396 e. The van der Waals surface area contributed by atoms with Crippen LogP contribution >= 0.6 is 0 Å². The first kappa shape index (κ1) is 27.5. The molecule has 5 rings (SSSR count). The molecule has 0 saturated carbocycles. The standard InChI is InChI=1S/C35H36N2O3/c38-25-30-21-22-31(28-17-9-3-10-18-28)34(39)32(30)37(24-27-15-7-2-8-16-27)33(29-19-11-4-12-20-29)35(40)36-23-26-13-5-1-6-14-26/h1-22,30-34,38-39H,23-25H2,(H,36,40)/t30-,31-,32-,33+,34+/m0/s1. The van der Waals surface area contributed by atoms with Gasteiger partial charge in [-0.2, -0.15) is 0 Å². The van der Waals surface area contributed by atoms with Crippen molar-refractivity contribution < 1.29 is 15.0 Å². The molecule has 0 aliphatic heterocycles. The molecular formula is C35H36N2O3. The topological polar surface area (TPSA) is 72.8 Å². The SMILES string of the molecule is O=C(NCc1ccccc1)[C@@H](c1ccccc1)N(Cc1ccccc1)[C@@H]1[C@H](O)[C@H](c2ccccc2)C=C[C@H]1CO. The normalized spacial score (nSPS) is 21.2. The third-order valence-corrected chi connectivity index (χ3v) is 7.71. The molecule has 5 heteroatoms. The molecule has 5 nitrogen and oxygen atoms in total. The van der Waals surface area contributed by atoms with Gasteiger partial charge in [-0.25, -0.2) is 0 Å². The third-order valence-electron chi connectivity index (χ3n) is 7.71. The van der Waals surface area contributed by atoms with Crippen molar-refractivity contribution in [2.24, 2.45) is 5.92 Å². The summed E-state index contributed by atoms with van der Waals surface area (Å²) in [5.74, 6) is -0.774. The molecule has 0 spiro atoms. The van der Waals surface area contributed by atoms with E-state index in [-0.39, 0.29) is 24.3 Å². The van der Waals surface area contributed by atoms with Crippen molar-refractivity contribution in [2.45, 2.75) is 37.2 Å². The molecule has 4 aromatic carbocycles. The van der Waals surface area contributed by atoms with Gasteiger partial charge in [0.05, 0.1) is 12.7 Å². The monoisotopic (exact) mass is 532 g/mol. The molecule has 0 saturated heterocycles. The van der Waals surface area contributed by atoms with E-state index in [4.69, 9.17) is 0 Å². The van der Waals surface area contributed by atoms with Crippen LogP contribution in [0, 0.1) is 5.92 Å². The summed E-state index contributed by atoms with van der Waals surface area (Å²) >= 11 is 0. The largest absolute Gasteiger partial charge is 0.396 e. The van der Waals surface area contributed by atoms with Crippen molar-refractivity contribution in [1.82, 2.24) is 10.2 Å². The maximum absolute atomic E-state index is 14.1. The van der Waals surface area contributed by atoms with Gasteiger partial charge in [-0.1, -0.05) is 133 Å². The minimum atomic E-state index is -0.846. The average Bonchev–Trinajstić information content (AvgIpc) is 3.01. The summed E-state index contributed by atoms with van der Waals surface area (Å²) in [6.45, 7) is 0.677. The molecule has 1 aliphatic carbocycles. The first-order valence-electron chi connectivity index (χ1n) is 13.8. The minimum absolute atomic E-state index is 0.141. The van der Waals surface area contributed by atoms with E-state index in [1.165, 1.54) is 0 Å². The Bertz CT molecular complexity index is 1360. The first-order valence-corrected chi connectivity index (χ1v) is 13.8. The number of benzene rings is 4. The lowest BCUT2D eigenvalue weighted by atomic mass is 9.77. The molecule has 0 fully saturated rings. The number of nitrogens with one attached hydrogen (secondary N) is 1. The highest BCUT2D eigenvalue weighted by Gasteiger charge is 2.43. The quantitative estimate of drug-likeness (QED) is 0.244. The summed E-state index contributed by atoms with van der Waals surface area (Å²) in [5, 5.41) is 25.6. The Morgan fingerprint density at radius 2 is 1.30 bits per heavy atom. The van der Waals surface area contributed by atoms with Gasteiger partial charge in [0.15, 0.2) is 0 Å². The molecule has 204 valence electrons. The number of carbonyl (C=O) groups is 1. The summed E-state index contributed by atoms with van der Waals surface area (Å²) in [5.41, 5.74) is 3.86. The van der Waals surface area contributed by atoms with E-state index in [2.05, 4.69) is 10.2 Å². The second-order valence-corrected chi connectivity index (χ2v) is 10.3. The number of aliphatic hydroxyl groups is 2. The Morgan fingerprint density at radius 1 is 0.750 bits per heavy atom. The van der Waals surface area contributed by atoms with Gasteiger partial charge in [0, 0.05) is 31.0 Å². The summed E-state index contributed by atoms with van der Waals surface area (Å²) < 4.78 is 0. The number of hydrogen-bond acceptors (Lipinski definition) is 4. The highest BCUT2D eigenvalue weighted by molar-refractivity contribution is 5.83. The number of rotatable bonds is 10. The second kappa shape index (κ2) is 13.4. The molecule has 3 N–H and O–H groups in total. The van der Waals surface area contributed by atoms with Crippen molar-refractivity contribution in [1.29, 1.82) is 0 Å². The number of nitrogens with zero attached hydrogens (tertiary/aromatic N) is 1. The summed E-state index contributed by atoms with van der Waals surface area (Å²) in [4.78, 5) is 16.2. The predicted octanol–water partition coefficient (Wildman–Crippen LogP) is 5.24. The van der Waals surface area contributed by atoms with Crippen molar-refractivity contribution in [2.75, 3.05) is 6.61 Å². The third kappa shape index (κ3) is 6.40. The predicted molar refractivity (Wildman–Crippen MR) is 158 cm³/mol. The molecular weight excluding hydrogens is 496 g/mol. The van der Waals surface area contributed by atoms with Crippen molar-refractivity contribution in [3.05, 3.63) is 156 Å². The van der Waals surface area contributed by atoms with Gasteiger partial charge in [-0.15, -0.1) is 0 Å².